The fraction of sp³-hybridized carbons (Fsp3) is 0.167. The van der Waals surface area contributed by atoms with Gasteiger partial charge < -0.3 is 10.6 Å². The summed E-state index contributed by atoms with van der Waals surface area (Å²) in [6, 6.07) is 5.93. The predicted octanol–water partition coefficient (Wildman–Crippen LogP) is 4.70. The van der Waals surface area contributed by atoms with Crippen LogP contribution in [0.1, 0.15) is 16.7 Å². The smallest absolute Gasteiger partial charge is 0.249 e. The minimum atomic E-state index is -1.57. The lowest BCUT2D eigenvalue weighted by Crippen LogP contribution is -2.06. The minimum Gasteiger partial charge on any atom is -0.338 e. The van der Waals surface area contributed by atoms with Crippen LogP contribution < -0.4 is 10.6 Å². The Kier molecular flexibility index (Phi) is 4.75. The van der Waals surface area contributed by atoms with E-state index in [4.69, 9.17) is 0 Å². The number of anilines is 4. The summed E-state index contributed by atoms with van der Waals surface area (Å²) >= 11 is 0. The monoisotopic (exact) mass is 359 g/mol. The third-order valence-electron chi connectivity index (χ3n) is 3.77. The van der Waals surface area contributed by atoms with E-state index < -0.39 is 17.5 Å². The van der Waals surface area contributed by atoms with Crippen molar-refractivity contribution in [3.8, 4) is 0 Å². The molecule has 3 rings (SSSR count). The molecular weight excluding hydrogens is 343 g/mol. The second kappa shape index (κ2) is 6.99. The van der Waals surface area contributed by atoms with Gasteiger partial charge in [0.25, 0.3) is 0 Å². The quantitative estimate of drug-likeness (QED) is 0.661. The zero-order valence-electron chi connectivity index (χ0n) is 14.4. The lowest BCUT2D eigenvalue weighted by atomic mass is 10.1. The van der Waals surface area contributed by atoms with Crippen molar-refractivity contribution in [3.63, 3.8) is 0 Å². The molecule has 2 N–H and O–H groups in total. The molecule has 0 fully saturated rings. The molecule has 2 aromatic carbocycles. The van der Waals surface area contributed by atoms with E-state index in [2.05, 4.69) is 25.8 Å². The zero-order valence-corrected chi connectivity index (χ0v) is 14.4. The van der Waals surface area contributed by atoms with Gasteiger partial charge in [-0.05, 0) is 44.0 Å². The number of aryl methyl sites for hydroxylation is 3. The Hall–Kier alpha value is -3.16. The molecule has 0 spiro atoms. The van der Waals surface area contributed by atoms with Gasteiger partial charge in [0.15, 0.2) is 23.3 Å². The molecule has 0 saturated heterocycles. The van der Waals surface area contributed by atoms with Crippen LogP contribution in [0.5, 0.6) is 0 Å². The van der Waals surface area contributed by atoms with Crippen LogP contribution in [0.3, 0.4) is 0 Å². The second-order valence-electron chi connectivity index (χ2n) is 5.91. The van der Waals surface area contributed by atoms with Crippen LogP contribution in [0.4, 0.5) is 36.3 Å². The maximum Gasteiger partial charge on any atom is 0.249 e. The van der Waals surface area contributed by atoms with Crippen LogP contribution in [0, 0.1) is 38.2 Å². The first-order chi connectivity index (χ1) is 12.3. The summed E-state index contributed by atoms with van der Waals surface area (Å²) in [4.78, 5) is 4.18. The van der Waals surface area contributed by atoms with Crippen molar-refractivity contribution >= 4 is 23.1 Å². The number of nitrogens with zero attached hydrogens (tertiary/aromatic N) is 3. The Labute approximate surface area is 148 Å². The first-order valence-corrected chi connectivity index (χ1v) is 7.80. The third-order valence-corrected chi connectivity index (χ3v) is 3.77. The molecular formula is C18H16F3N5. The van der Waals surface area contributed by atoms with E-state index in [0.717, 1.165) is 34.5 Å². The van der Waals surface area contributed by atoms with Gasteiger partial charge in [0, 0.05) is 5.69 Å². The molecule has 0 atom stereocenters. The van der Waals surface area contributed by atoms with Gasteiger partial charge in [-0.2, -0.15) is 10.1 Å². The number of benzene rings is 2. The standard InChI is InChI=1S/C18H16F3N5/c1-9-6-10(2)17(11(3)7-9)24-14-8-22-26-18(25-14)23-13-5-4-12(19)15(20)16(13)21/h4-8H,1-3H3,(H2,23,24,25,26). The van der Waals surface area contributed by atoms with Gasteiger partial charge in [-0.3, -0.25) is 0 Å². The molecule has 0 bridgehead atoms. The number of hydrogen-bond acceptors (Lipinski definition) is 5. The predicted molar refractivity (Wildman–Crippen MR) is 93.4 cm³/mol. The molecule has 5 nitrogen and oxygen atoms in total. The average molecular weight is 359 g/mol. The van der Waals surface area contributed by atoms with Gasteiger partial charge in [-0.1, -0.05) is 17.7 Å². The number of rotatable bonds is 4. The Morgan fingerprint density at radius 1 is 0.885 bits per heavy atom. The third kappa shape index (κ3) is 3.58. The fourth-order valence-electron chi connectivity index (χ4n) is 2.66. The molecule has 0 unspecified atom stereocenters. The summed E-state index contributed by atoms with van der Waals surface area (Å²) in [5.74, 6) is -3.86. The number of hydrogen-bond donors (Lipinski definition) is 2. The van der Waals surface area contributed by atoms with Gasteiger partial charge >= 0.3 is 0 Å². The van der Waals surface area contributed by atoms with E-state index in [0.29, 0.717) is 5.82 Å². The maximum atomic E-state index is 13.8. The highest BCUT2D eigenvalue weighted by atomic mass is 19.2. The zero-order chi connectivity index (χ0) is 18.8. The first kappa shape index (κ1) is 17.7. The Balaban J connectivity index is 1.87. The molecule has 0 radical (unpaired) electrons. The van der Waals surface area contributed by atoms with Crippen LogP contribution in [0.25, 0.3) is 0 Å². The van der Waals surface area contributed by atoms with E-state index in [9.17, 15) is 13.2 Å². The van der Waals surface area contributed by atoms with E-state index >= 15 is 0 Å². The van der Waals surface area contributed by atoms with E-state index in [1.54, 1.807) is 0 Å². The largest absolute Gasteiger partial charge is 0.338 e. The van der Waals surface area contributed by atoms with Crippen LogP contribution in [-0.4, -0.2) is 15.2 Å². The van der Waals surface area contributed by atoms with Gasteiger partial charge in [-0.15, -0.1) is 5.10 Å². The maximum absolute atomic E-state index is 13.8. The van der Waals surface area contributed by atoms with Crippen molar-refractivity contribution < 1.29 is 13.2 Å². The Bertz CT molecular complexity index is 952. The molecule has 8 heteroatoms. The van der Waals surface area contributed by atoms with Crippen LogP contribution >= 0.6 is 0 Å². The fourth-order valence-corrected chi connectivity index (χ4v) is 2.66. The number of nitrogens with one attached hydrogen (secondary N) is 2. The molecule has 0 aliphatic carbocycles. The van der Waals surface area contributed by atoms with Crippen molar-refractivity contribution in [2.45, 2.75) is 20.8 Å². The van der Waals surface area contributed by atoms with Crippen molar-refractivity contribution in [2.24, 2.45) is 0 Å². The Morgan fingerprint density at radius 2 is 1.58 bits per heavy atom. The highest BCUT2D eigenvalue weighted by molar-refractivity contribution is 5.65. The Morgan fingerprint density at radius 3 is 2.27 bits per heavy atom. The van der Waals surface area contributed by atoms with E-state index in [1.165, 1.54) is 6.20 Å². The van der Waals surface area contributed by atoms with Crippen LogP contribution in [0.15, 0.2) is 30.5 Å². The van der Waals surface area contributed by atoms with Crippen molar-refractivity contribution in [1.29, 1.82) is 0 Å². The van der Waals surface area contributed by atoms with Gasteiger partial charge in [-0.25, -0.2) is 13.2 Å². The summed E-state index contributed by atoms with van der Waals surface area (Å²) in [5, 5.41) is 13.2. The van der Waals surface area contributed by atoms with E-state index in [1.807, 2.05) is 32.9 Å². The molecule has 134 valence electrons. The number of aromatic nitrogens is 3. The summed E-state index contributed by atoms with van der Waals surface area (Å²) in [6.07, 6.45) is 1.41. The van der Waals surface area contributed by atoms with Gasteiger partial charge in [0.1, 0.15) is 0 Å². The van der Waals surface area contributed by atoms with Gasteiger partial charge in [0.05, 0.1) is 11.9 Å². The first-order valence-electron chi connectivity index (χ1n) is 7.80. The highest BCUT2D eigenvalue weighted by Crippen LogP contribution is 2.26. The summed E-state index contributed by atoms with van der Waals surface area (Å²) in [6.45, 7) is 5.94. The van der Waals surface area contributed by atoms with Crippen molar-refractivity contribution in [3.05, 3.63) is 64.6 Å². The van der Waals surface area contributed by atoms with Crippen molar-refractivity contribution in [1.82, 2.24) is 15.2 Å². The van der Waals surface area contributed by atoms with Crippen molar-refractivity contribution in [2.75, 3.05) is 10.6 Å². The normalized spacial score (nSPS) is 10.7. The molecule has 26 heavy (non-hydrogen) atoms. The van der Waals surface area contributed by atoms with Crippen LogP contribution in [-0.2, 0) is 0 Å². The minimum absolute atomic E-state index is 0.0534. The van der Waals surface area contributed by atoms with Crippen LogP contribution in [0.2, 0.25) is 0 Å². The summed E-state index contributed by atoms with van der Waals surface area (Å²) < 4.78 is 40.1. The highest BCUT2D eigenvalue weighted by Gasteiger charge is 2.14. The lowest BCUT2D eigenvalue weighted by Gasteiger charge is -2.13. The SMILES string of the molecule is Cc1cc(C)c(Nc2cnnc(Nc3ccc(F)c(F)c3F)n2)c(C)c1. The molecule has 0 aliphatic rings. The second-order valence-corrected chi connectivity index (χ2v) is 5.91. The van der Waals surface area contributed by atoms with E-state index in [-0.39, 0.29) is 11.6 Å². The van der Waals surface area contributed by atoms with Gasteiger partial charge in [0.2, 0.25) is 5.95 Å². The molecule has 0 amide bonds. The number of halogens is 3. The molecule has 1 heterocycles. The molecule has 0 saturated carbocycles. The molecule has 0 aliphatic heterocycles. The lowest BCUT2D eigenvalue weighted by molar-refractivity contribution is 0.449. The molecule has 1 aromatic heterocycles. The summed E-state index contributed by atoms with van der Waals surface area (Å²) in [5.41, 5.74) is 3.79. The average Bonchev–Trinajstić information content (AvgIpc) is 2.59. The molecule has 3 aromatic rings. The topological polar surface area (TPSA) is 62.7 Å². The summed E-state index contributed by atoms with van der Waals surface area (Å²) in [7, 11) is 0.